The summed E-state index contributed by atoms with van der Waals surface area (Å²) in [6.45, 7) is 10.7. The first-order chi connectivity index (χ1) is 12.9. The zero-order valence-electron chi connectivity index (χ0n) is 17.2. The van der Waals surface area contributed by atoms with E-state index in [4.69, 9.17) is 14.2 Å². The first kappa shape index (κ1) is 23.0. The molecular weight excluding hydrogens is 346 g/mol. The SMILES string of the molecule is CCCC[C@@](C)(OCC)C(=O)Nc1ccc(OCCC)c(C(=O)OCC)c1. The van der Waals surface area contributed by atoms with Gasteiger partial charge in [0.05, 0.1) is 13.2 Å². The van der Waals surface area contributed by atoms with Gasteiger partial charge in [-0.05, 0) is 51.8 Å². The summed E-state index contributed by atoms with van der Waals surface area (Å²) in [6, 6.07) is 4.99. The molecule has 1 amide bonds. The molecule has 1 rings (SSSR count). The molecule has 1 atom stereocenters. The zero-order valence-corrected chi connectivity index (χ0v) is 17.2. The van der Waals surface area contributed by atoms with Crippen molar-refractivity contribution >= 4 is 17.6 Å². The van der Waals surface area contributed by atoms with Crippen molar-refractivity contribution in [3.63, 3.8) is 0 Å². The number of rotatable bonds is 12. The lowest BCUT2D eigenvalue weighted by molar-refractivity contribution is -0.139. The fourth-order valence-corrected chi connectivity index (χ4v) is 2.66. The maximum atomic E-state index is 12.8. The predicted octanol–water partition coefficient (Wildman–Crippen LogP) is 4.58. The van der Waals surface area contributed by atoms with Gasteiger partial charge >= 0.3 is 5.97 Å². The van der Waals surface area contributed by atoms with Crippen molar-refractivity contribution in [2.75, 3.05) is 25.1 Å². The number of hydrogen-bond donors (Lipinski definition) is 1. The number of carbonyl (C=O) groups excluding carboxylic acids is 2. The summed E-state index contributed by atoms with van der Waals surface area (Å²) in [5.74, 6) is -0.250. The number of anilines is 1. The molecule has 0 radical (unpaired) electrons. The Balaban J connectivity index is 3.05. The van der Waals surface area contributed by atoms with Crippen molar-refractivity contribution in [1.29, 1.82) is 0 Å². The van der Waals surface area contributed by atoms with Crippen LogP contribution in [0.15, 0.2) is 18.2 Å². The fraction of sp³-hybridized carbons (Fsp3) is 0.619. The van der Waals surface area contributed by atoms with E-state index in [1.807, 2.05) is 13.8 Å². The van der Waals surface area contributed by atoms with Gasteiger partial charge in [-0.25, -0.2) is 4.79 Å². The van der Waals surface area contributed by atoms with Gasteiger partial charge in [0.25, 0.3) is 5.91 Å². The van der Waals surface area contributed by atoms with Crippen molar-refractivity contribution in [2.45, 2.75) is 65.9 Å². The molecule has 1 N–H and O–H groups in total. The van der Waals surface area contributed by atoms with Crippen LogP contribution in [0.25, 0.3) is 0 Å². The summed E-state index contributed by atoms with van der Waals surface area (Å²) in [7, 11) is 0. The van der Waals surface area contributed by atoms with Crippen LogP contribution in [0.5, 0.6) is 5.75 Å². The number of carbonyl (C=O) groups is 2. The van der Waals surface area contributed by atoms with E-state index in [9.17, 15) is 9.59 Å². The second-order valence-corrected chi connectivity index (χ2v) is 6.50. The van der Waals surface area contributed by atoms with E-state index >= 15 is 0 Å². The Bertz CT molecular complexity index is 617. The summed E-state index contributed by atoms with van der Waals surface area (Å²) in [5.41, 5.74) is -0.101. The summed E-state index contributed by atoms with van der Waals surface area (Å²) >= 11 is 0. The van der Waals surface area contributed by atoms with Crippen LogP contribution >= 0.6 is 0 Å². The molecule has 0 heterocycles. The minimum absolute atomic E-state index is 0.227. The Labute approximate surface area is 162 Å². The second kappa shape index (κ2) is 11.6. The molecule has 0 fully saturated rings. The molecule has 0 saturated carbocycles. The number of unbranched alkanes of at least 4 members (excludes halogenated alkanes) is 1. The van der Waals surface area contributed by atoms with Gasteiger partial charge in [-0.15, -0.1) is 0 Å². The molecule has 6 heteroatoms. The molecule has 0 spiro atoms. The van der Waals surface area contributed by atoms with E-state index in [2.05, 4.69) is 12.2 Å². The van der Waals surface area contributed by atoms with Gasteiger partial charge in [-0.2, -0.15) is 0 Å². The second-order valence-electron chi connectivity index (χ2n) is 6.50. The lowest BCUT2D eigenvalue weighted by Crippen LogP contribution is -2.42. The summed E-state index contributed by atoms with van der Waals surface area (Å²) in [4.78, 5) is 25.1. The van der Waals surface area contributed by atoms with Gasteiger partial charge in [0.2, 0.25) is 0 Å². The minimum Gasteiger partial charge on any atom is -0.493 e. The minimum atomic E-state index is -0.910. The van der Waals surface area contributed by atoms with Crippen LogP contribution in [0.2, 0.25) is 0 Å². The van der Waals surface area contributed by atoms with Crippen LogP contribution in [0, 0.1) is 0 Å². The summed E-state index contributed by atoms with van der Waals surface area (Å²) in [6.07, 6.45) is 3.32. The topological polar surface area (TPSA) is 73.9 Å². The van der Waals surface area contributed by atoms with Crippen LogP contribution in [0.3, 0.4) is 0 Å². The van der Waals surface area contributed by atoms with Crippen LogP contribution in [0.4, 0.5) is 5.69 Å². The first-order valence-corrected chi connectivity index (χ1v) is 9.81. The molecule has 0 aromatic heterocycles. The Morgan fingerprint density at radius 1 is 1.07 bits per heavy atom. The third-order valence-corrected chi connectivity index (χ3v) is 4.15. The molecule has 152 valence electrons. The number of nitrogens with one attached hydrogen (secondary N) is 1. The van der Waals surface area contributed by atoms with Crippen LogP contribution in [-0.4, -0.2) is 37.3 Å². The molecule has 0 saturated heterocycles. The summed E-state index contributed by atoms with van der Waals surface area (Å²) < 4.78 is 16.5. The highest BCUT2D eigenvalue weighted by atomic mass is 16.5. The molecule has 0 aliphatic carbocycles. The Morgan fingerprint density at radius 2 is 1.81 bits per heavy atom. The number of esters is 1. The van der Waals surface area contributed by atoms with E-state index in [0.717, 1.165) is 19.3 Å². The van der Waals surface area contributed by atoms with Crippen LogP contribution in [-0.2, 0) is 14.3 Å². The standard InChI is InChI=1S/C21H33NO5/c1-6-10-13-21(5,27-9-4)20(24)22-16-11-12-18(26-14-7-2)17(15-16)19(23)25-8-3/h11-12,15H,6-10,13-14H2,1-5H3,(H,22,24)/t21-/m1/s1. The normalized spacial score (nSPS) is 12.9. The van der Waals surface area contributed by atoms with Crippen molar-refractivity contribution in [3.8, 4) is 5.75 Å². The van der Waals surface area contributed by atoms with Gasteiger partial charge in [0.1, 0.15) is 16.9 Å². The van der Waals surface area contributed by atoms with E-state index in [0.29, 0.717) is 36.6 Å². The lowest BCUT2D eigenvalue weighted by atomic mass is 9.97. The Kier molecular flexibility index (Phi) is 9.86. The summed E-state index contributed by atoms with van der Waals surface area (Å²) in [5, 5.41) is 2.87. The monoisotopic (exact) mass is 379 g/mol. The van der Waals surface area contributed by atoms with E-state index < -0.39 is 11.6 Å². The van der Waals surface area contributed by atoms with E-state index in [-0.39, 0.29) is 12.5 Å². The number of amides is 1. The molecule has 1 aromatic rings. The third-order valence-electron chi connectivity index (χ3n) is 4.15. The van der Waals surface area contributed by atoms with Gasteiger partial charge in [-0.3, -0.25) is 4.79 Å². The molecule has 6 nitrogen and oxygen atoms in total. The predicted molar refractivity (Wildman–Crippen MR) is 106 cm³/mol. The van der Waals surface area contributed by atoms with Gasteiger partial charge in [0, 0.05) is 12.3 Å². The molecule has 0 unspecified atom stereocenters. The number of benzene rings is 1. The quantitative estimate of drug-likeness (QED) is 0.538. The molecule has 0 aliphatic heterocycles. The van der Waals surface area contributed by atoms with Gasteiger partial charge in [0.15, 0.2) is 0 Å². The zero-order chi connectivity index (χ0) is 20.3. The van der Waals surface area contributed by atoms with Crippen molar-refractivity contribution in [2.24, 2.45) is 0 Å². The molecular formula is C21H33NO5. The molecule has 0 aliphatic rings. The maximum absolute atomic E-state index is 12.8. The number of ether oxygens (including phenoxy) is 3. The van der Waals surface area contributed by atoms with Crippen molar-refractivity contribution < 1.29 is 23.8 Å². The van der Waals surface area contributed by atoms with Crippen LogP contribution < -0.4 is 10.1 Å². The highest BCUT2D eigenvalue weighted by Gasteiger charge is 2.33. The largest absolute Gasteiger partial charge is 0.493 e. The van der Waals surface area contributed by atoms with Gasteiger partial charge in [-0.1, -0.05) is 26.7 Å². The average molecular weight is 379 g/mol. The van der Waals surface area contributed by atoms with E-state index in [1.54, 1.807) is 32.0 Å². The molecule has 1 aromatic carbocycles. The molecule has 27 heavy (non-hydrogen) atoms. The Hall–Kier alpha value is -2.08. The smallest absolute Gasteiger partial charge is 0.341 e. The molecule has 0 bridgehead atoms. The lowest BCUT2D eigenvalue weighted by Gasteiger charge is -2.28. The highest BCUT2D eigenvalue weighted by molar-refractivity contribution is 5.99. The van der Waals surface area contributed by atoms with Crippen molar-refractivity contribution in [3.05, 3.63) is 23.8 Å². The van der Waals surface area contributed by atoms with Crippen LogP contribution in [0.1, 0.15) is 70.7 Å². The third kappa shape index (κ3) is 6.86. The van der Waals surface area contributed by atoms with Crippen molar-refractivity contribution in [1.82, 2.24) is 0 Å². The fourth-order valence-electron chi connectivity index (χ4n) is 2.66. The van der Waals surface area contributed by atoms with E-state index in [1.165, 1.54) is 0 Å². The first-order valence-electron chi connectivity index (χ1n) is 9.81. The highest BCUT2D eigenvalue weighted by Crippen LogP contribution is 2.26. The average Bonchev–Trinajstić information content (AvgIpc) is 2.65. The number of hydrogen-bond acceptors (Lipinski definition) is 5. The Morgan fingerprint density at radius 3 is 2.41 bits per heavy atom. The van der Waals surface area contributed by atoms with Gasteiger partial charge < -0.3 is 19.5 Å². The maximum Gasteiger partial charge on any atom is 0.341 e.